The van der Waals surface area contributed by atoms with Crippen molar-refractivity contribution in [1.82, 2.24) is 20.1 Å². The lowest BCUT2D eigenvalue weighted by molar-refractivity contribution is -0.118. The minimum absolute atomic E-state index is 0.0536. The van der Waals surface area contributed by atoms with Crippen LogP contribution in [0.25, 0.3) is 11.4 Å². The van der Waals surface area contributed by atoms with Gasteiger partial charge in [-0.15, -0.1) is 10.2 Å². The first kappa shape index (κ1) is 18.0. The number of ether oxygens (including phenoxy) is 1. The lowest BCUT2D eigenvalue weighted by Crippen LogP contribution is -2.24. The first-order valence-corrected chi connectivity index (χ1v) is 9.13. The molecule has 0 aliphatic heterocycles. The van der Waals surface area contributed by atoms with Crippen molar-refractivity contribution in [3.63, 3.8) is 0 Å². The van der Waals surface area contributed by atoms with E-state index < -0.39 is 0 Å². The summed E-state index contributed by atoms with van der Waals surface area (Å²) in [4.78, 5) is 12.1. The average molecular weight is 368 g/mol. The molecule has 0 unspecified atom stereocenters. The van der Waals surface area contributed by atoms with Gasteiger partial charge in [-0.1, -0.05) is 54.2 Å². The van der Waals surface area contributed by atoms with Gasteiger partial charge in [0.25, 0.3) is 0 Å². The molecule has 3 aromatic rings. The summed E-state index contributed by atoms with van der Waals surface area (Å²) in [5.74, 6) is 1.79. The van der Waals surface area contributed by atoms with Gasteiger partial charge in [-0.25, -0.2) is 0 Å². The highest BCUT2D eigenvalue weighted by molar-refractivity contribution is 7.99. The van der Waals surface area contributed by atoms with Gasteiger partial charge in [0, 0.05) is 19.2 Å². The summed E-state index contributed by atoms with van der Waals surface area (Å²) in [6, 6.07) is 17.5. The molecule has 26 heavy (non-hydrogen) atoms. The number of amides is 1. The number of rotatable bonds is 7. The van der Waals surface area contributed by atoms with Gasteiger partial charge in [-0.2, -0.15) is 0 Å². The third-order valence-electron chi connectivity index (χ3n) is 3.82. The zero-order chi connectivity index (χ0) is 18.4. The highest BCUT2D eigenvalue weighted by atomic mass is 32.2. The maximum absolute atomic E-state index is 12.1. The second-order valence-electron chi connectivity index (χ2n) is 5.65. The van der Waals surface area contributed by atoms with Gasteiger partial charge in [0.05, 0.1) is 12.9 Å². The van der Waals surface area contributed by atoms with Crippen LogP contribution in [0.3, 0.4) is 0 Å². The van der Waals surface area contributed by atoms with Crippen molar-refractivity contribution < 1.29 is 9.53 Å². The number of aromatic nitrogens is 3. The van der Waals surface area contributed by atoms with E-state index in [9.17, 15) is 4.79 Å². The number of carbonyl (C=O) groups is 1. The molecule has 2 aromatic carbocycles. The van der Waals surface area contributed by atoms with E-state index in [0.29, 0.717) is 11.7 Å². The first-order valence-electron chi connectivity index (χ1n) is 8.14. The fraction of sp³-hybridized carbons (Fsp3) is 0.211. The lowest BCUT2D eigenvalue weighted by atomic mass is 10.2. The Morgan fingerprint density at radius 3 is 2.73 bits per heavy atom. The van der Waals surface area contributed by atoms with E-state index >= 15 is 0 Å². The van der Waals surface area contributed by atoms with E-state index in [1.807, 2.05) is 66.2 Å². The molecule has 1 heterocycles. The predicted molar refractivity (Wildman–Crippen MR) is 102 cm³/mol. The standard InChI is InChI=1S/C19H20N4O2S/c1-23-18(15-8-4-3-5-9-15)21-22-19(23)26-13-17(24)20-12-14-7-6-10-16(11-14)25-2/h3-11H,12-13H2,1-2H3,(H,20,24). The van der Waals surface area contributed by atoms with Crippen LogP contribution < -0.4 is 10.1 Å². The summed E-state index contributed by atoms with van der Waals surface area (Å²) in [6.07, 6.45) is 0. The minimum atomic E-state index is -0.0536. The van der Waals surface area contributed by atoms with Crippen molar-refractivity contribution in [2.45, 2.75) is 11.7 Å². The third-order valence-corrected chi connectivity index (χ3v) is 4.84. The van der Waals surface area contributed by atoms with Crippen molar-refractivity contribution in [3.05, 3.63) is 60.2 Å². The summed E-state index contributed by atoms with van der Waals surface area (Å²) in [6.45, 7) is 0.463. The van der Waals surface area contributed by atoms with Gasteiger partial charge in [0.1, 0.15) is 5.75 Å². The fourth-order valence-electron chi connectivity index (χ4n) is 2.44. The molecular formula is C19H20N4O2S. The monoisotopic (exact) mass is 368 g/mol. The number of methoxy groups -OCH3 is 1. The van der Waals surface area contributed by atoms with Crippen LogP contribution in [0.1, 0.15) is 5.56 Å². The van der Waals surface area contributed by atoms with Crippen LogP contribution in [0.4, 0.5) is 0 Å². The van der Waals surface area contributed by atoms with Crippen molar-refractivity contribution >= 4 is 17.7 Å². The zero-order valence-corrected chi connectivity index (χ0v) is 15.5. The van der Waals surface area contributed by atoms with E-state index in [2.05, 4.69) is 15.5 Å². The van der Waals surface area contributed by atoms with E-state index in [4.69, 9.17) is 4.74 Å². The average Bonchev–Trinajstić information content (AvgIpc) is 3.06. The van der Waals surface area contributed by atoms with Crippen LogP contribution in [0.2, 0.25) is 0 Å². The molecule has 0 bridgehead atoms. The van der Waals surface area contributed by atoms with E-state index in [-0.39, 0.29) is 11.7 Å². The number of thioether (sulfide) groups is 1. The number of carbonyl (C=O) groups excluding carboxylic acids is 1. The number of hydrogen-bond donors (Lipinski definition) is 1. The maximum Gasteiger partial charge on any atom is 0.230 e. The molecule has 0 atom stereocenters. The molecule has 0 spiro atoms. The molecule has 0 saturated heterocycles. The summed E-state index contributed by atoms with van der Waals surface area (Å²) in [7, 11) is 3.53. The van der Waals surface area contributed by atoms with Gasteiger partial charge >= 0.3 is 0 Å². The highest BCUT2D eigenvalue weighted by Gasteiger charge is 2.12. The Hall–Kier alpha value is -2.80. The zero-order valence-electron chi connectivity index (χ0n) is 14.7. The molecule has 3 rings (SSSR count). The maximum atomic E-state index is 12.1. The highest BCUT2D eigenvalue weighted by Crippen LogP contribution is 2.22. The Kier molecular flexibility index (Phi) is 5.91. The third kappa shape index (κ3) is 4.43. The van der Waals surface area contributed by atoms with Gasteiger partial charge in [0.2, 0.25) is 5.91 Å². The quantitative estimate of drug-likeness (QED) is 0.650. The van der Waals surface area contributed by atoms with E-state index in [1.165, 1.54) is 11.8 Å². The van der Waals surface area contributed by atoms with Gasteiger partial charge < -0.3 is 14.6 Å². The van der Waals surface area contributed by atoms with E-state index in [0.717, 1.165) is 22.7 Å². The Morgan fingerprint density at radius 2 is 1.96 bits per heavy atom. The Balaban J connectivity index is 1.54. The van der Waals surface area contributed by atoms with Crippen LogP contribution in [-0.4, -0.2) is 33.5 Å². The van der Waals surface area contributed by atoms with Crippen LogP contribution in [-0.2, 0) is 18.4 Å². The van der Waals surface area contributed by atoms with Crippen molar-refractivity contribution in [2.24, 2.45) is 7.05 Å². The molecular weight excluding hydrogens is 348 g/mol. The number of nitrogens with zero attached hydrogens (tertiary/aromatic N) is 3. The van der Waals surface area contributed by atoms with Gasteiger partial charge in [-0.3, -0.25) is 4.79 Å². The molecule has 0 saturated carbocycles. The number of hydrogen-bond acceptors (Lipinski definition) is 5. The van der Waals surface area contributed by atoms with E-state index in [1.54, 1.807) is 7.11 Å². The topological polar surface area (TPSA) is 69.0 Å². The Morgan fingerprint density at radius 1 is 1.15 bits per heavy atom. The van der Waals surface area contributed by atoms with Crippen molar-refractivity contribution in [2.75, 3.05) is 12.9 Å². The molecule has 1 amide bonds. The van der Waals surface area contributed by atoms with Crippen molar-refractivity contribution in [3.8, 4) is 17.1 Å². The smallest absolute Gasteiger partial charge is 0.230 e. The van der Waals surface area contributed by atoms with Crippen molar-refractivity contribution in [1.29, 1.82) is 0 Å². The minimum Gasteiger partial charge on any atom is -0.497 e. The summed E-state index contributed by atoms with van der Waals surface area (Å²) in [5, 5.41) is 12.0. The molecule has 0 fully saturated rings. The molecule has 1 aromatic heterocycles. The van der Waals surface area contributed by atoms with Crippen LogP contribution in [0.15, 0.2) is 59.8 Å². The first-order chi connectivity index (χ1) is 12.7. The van der Waals surface area contributed by atoms with Gasteiger partial charge in [0.15, 0.2) is 11.0 Å². The van der Waals surface area contributed by atoms with Gasteiger partial charge in [-0.05, 0) is 17.7 Å². The summed E-state index contributed by atoms with van der Waals surface area (Å²) in [5.41, 5.74) is 1.99. The SMILES string of the molecule is COc1cccc(CNC(=O)CSc2nnc(-c3ccccc3)n2C)c1. The molecule has 0 aliphatic rings. The number of nitrogens with one attached hydrogen (secondary N) is 1. The molecule has 1 N–H and O–H groups in total. The van der Waals surface area contributed by atoms with Crippen LogP contribution >= 0.6 is 11.8 Å². The van der Waals surface area contributed by atoms with Crippen LogP contribution in [0.5, 0.6) is 5.75 Å². The molecule has 0 radical (unpaired) electrons. The summed E-state index contributed by atoms with van der Waals surface area (Å²) < 4.78 is 7.08. The molecule has 134 valence electrons. The second kappa shape index (κ2) is 8.53. The lowest BCUT2D eigenvalue weighted by Gasteiger charge is -2.07. The largest absolute Gasteiger partial charge is 0.497 e. The van der Waals surface area contributed by atoms with Crippen LogP contribution in [0, 0.1) is 0 Å². The molecule has 0 aliphatic carbocycles. The predicted octanol–water partition coefficient (Wildman–Crippen LogP) is 2.90. The second-order valence-corrected chi connectivity index (χ2v) is 6.59. The Labute approximate surface area is 156 Å². The molecule has 7 heteroatoms. The normalized spacial score (nSPS) is 10.5. The summed E-state index contributed by atoms with van der Waals surface area (Å²) >= 11 is 1.37. The molecule has 6 nitrogen and oxygen atoms in total. The fourth-order valence-corrected chi connectivity index (χ4v) is 3.18. The Bertz CT molecular complexity index is 880. The number of benzene rings is 2.